The van der Waals surface area contributed by atoms with E-state index in [0.29, 0.717) is 0 Å². The van der Waals surface area contributed by atoms with Crippen LogP contribution < -0.4 is 14.8 Å². The number of aryl methyl sites for hydroxylation is 2. The van der Waals surface area contributed by atoms with E-state index in [2.05, 4.69) is 5.32 Å². The first-order valence-electron chi connectivity index (χ1n) is 7.63. The van der Waals surface area contributed by atoms with E-state index < -0.39 is 0 Å². The molecule has 0 fully saturated rings. The molecule has 0 bridgehead atoms. The fourth-order valence-electron chi connectivity index (χ4n) is 2.27. The summed E-state index contributed by atoms with van der Waals surface area (Å²) in [6.45, 7) is 5.91. The van der Waals surface area contributed by atoms with Crippen molar-refractivity contribution in [3.63, 3.8) is 0 Å². The van der Waals surface area contributed by atoms with Gasteiger partial charge < -0.3 is 14.8 Å². The van der Waals surface area contributed by atoms with Crippen LogP contribution in [0.3, 0.4) is 0 Å². The Labute approximate surface area is 137 Å². The summed E-state index contributed by atoms with van der Waals surface area (Å²) in [5, 5.41) is 2.93. The molecule has 2 aromatic carbocycles. The molecule has 0 saturated heterocycles. The molecule has 2 rings (SSSR count). The van der Waals surface area contributed by atoms with E-state index in [1.54, 1.807) is 7.11 Å². The van der Waals surface area contributed by atoms with Gasteiger partial charge in [0.05, 0.1) is 13.2 Å². The van der Waals surface area contributed by atoms with E-state index in [9.17, 15) is 4.79 Å². The minimum atomic E-state index is -0.144. The zero-order valence-corrected chi connectivity index (χ0v) is 14.1. The summed E-state index contributed by atoms with van der Waals surface area (Å²) >= 11 is 0. The summed E-state index contributed by atoms with van der Waals surface area (Å²) in [7, 11) is 1.63. The second-order valence-electron chi connectivity index (χ2n) is 5.62. The van der Waals surface area contributed by atoms with Crippen molar-refractivity contribution in [1.82, 2.24) is 5.32 Å². The highest BCUT2D eigenvalue weighted by atomic mass is 16.5. The summed E-state index contributed by atoms with van der Waals surface area (Å²) < 4.78 is 10.8. The van der Waals surface area contributed by atoms with Gasteiger partial charge in [-0.25, -0.2) is 0 Å². The molecule has 1 N–H and O–H groups in total. The zero-order valence-electron chi connectivity index (χ0n) is 14.1. The molecular formula is C19H23NO3. The number of rotatable bonds is 6. The molecule has 0 aliphatic rings. The van der Waals surface area contributed by atoms with Crippen LogP contribution in [0.5, 0.6) is 11.5 Å². The number of carbonyl (C=O) groups excluding carboxylic acids is 1. The summed E-state index contributed by atoms with van der Waals surface area (Å²) in [6, 6.07) is 13.5. The van der Waals surface area contributed by atoms with Crippen LogP contribution in [0.4, 0.5) is 0 Å². The fourth-order valence-corrected chi connectivity index (χ4v) is 2.27. The van der Waals surface area contributed by atoms with Crippen molar-refractivity contribution in [2.24, 2.45) is 0 Å². The molecule has 0 saturated carbocycles. The summed E-state index contributed by atoms with van der Waals surface area (Å²) in [6.07, 6.45) is 0. The molecule has 2 aromatic rings. The molecule has 0 aliphatic carbocycles. The van der Waals surface area contributed by atoms with Gasteiger partial charge in [0, 0.05) is 0 Å². The van der Waals surface area contributed by atoms with Crippen molar-refractivity contribution < 1.29 is 14.3 Å². The van der Waals surface area contributed by atoms with Gasteiger partial charge in [-0.15, -0.1) is 0 Å². The van der Waals surface area contributed by atoms with E-state index in [-0.39, 0.29) is 18.6 Å². The maximum Gasteiger partial charge on any atom is 0.258 e. The molecule has 23 heavy (non-hydrogen) atoms. The molecule has 0 unspecified atom stereocenters. The van der Waals surface area contributed by atoms with Crippen LogP contribution in [0.2, 0.25) is 0 Å². The van der Waals surface area contributed by atoms with Gasteiger partial charge in [-0.3, -0.25) is 4.79 Å². The molecule has 1 amide bonds. The first kappa shape index (κ1) is 16.9. The minimum Gasteiger partial charge on any atom is -0.497 e. The van der Waals surface area contributed by atoms with Crippen LogP contribution in [0, 0.1) is 13.8 Å². The standard InChI is InChI=1S/C19H23NO3/c1-13-5-6-14(2)18(11-13)23-12-19(21)20-15(3)16-7-9-17(22-4)10-8-16/h5-11,15H,12H2,1-4H3,(H,20,21)/t15-/m1/s1. The van der Waals surface area contributed by atoms with Crippen LogP contribution >= 0.6 is 0 Å². The number of methoxy groups -OCH3 is 1. The number of ether oxygens (including phenoxy) is 2. The van der Waals surface area contributed by atoms with Crippen molar-refractivity contribution in [2.75, 3.05) is 13.7 Å². The number of hydrogen-bond donors (Lipinski definition) is 1. The van der Waals surface area contributed by atoms with Crippen molar-refractivity contribution in [3.8, 4) is 11.5 Å². The van der Waals surface area contributed by atoms with Gasteiger partial charge in [-0.05, 0) is 55.7 Å². The Bertz CT molecular complexity index is 665. The van der Waals surface area contributed by atoms with E-state index in [1.165, 1.54) is 0 Å². The molecule has 122 valence electrons. The average Bonchev–Trinajstić information content (AvgIpc) is 2.55. The molecule has 1 atom stereocenters. The molecule has 0 heterocycles. The molecule has 4 heteroatoms. The third kappa shape index (κ3) is 4.74. The number of nitrogens with one attached hydrogen (secondary N) is 1. The van der Waals surface area contributed by atoms with Crippen LogP contribution in [0.25, 0.3) is 0 Å². The first-order chi connectivity index (χ1) is 11.0. The second-order valence-corrected chi connectivity index (χ2v) is 5.62. The van der Waals surface area contributed by atoms with Gasteiger partial charge >= 0.3 is 0 Å². The predicted octanol–water partition coefficient (Wildman–Crippen LogP) is 3.57. The first-order valence-corrected chi connectivity index (χ1v) is 7.63. The number of amides is 1. The summed E-state index contributed by atoms with van der Waals surface area (Å²) in [4.78, 5) is 12.1. The molecule has 4 nitrogen and oxygen atoms in total. The summed E-state index contributed by atoms with van der Waals surface area (Å²) in [5.41, 5.74) is 3.15. The molecule has 0 aliphatic heterocycles. The van der Waals surface area contributed by atoms with Crippen molar-refractivity contribution in [1.29, 1.82) is 0 Å². The number of benzene rings is 2. The van der Waals surface area contributed by atoms with E-state index in [0.717, 1.165) is 28.2 Å². The highest BCUT2D eigenvalue weighted by Gasteiger charge is 2.11. The molecule has 0 spiro atoms. The van der Waals surface area contributed by atoms with Crippen molar-refractivity contribution in [2.45, 2.75) is 26.8 Å². The van der Waals surface area contributed by atoms with Crippen LogP contribution in [0.15, 0.2) is 42.5 Å². The van der Waals surface area contributed by atoms with E-state index >= 15 is 0 Å². The molecular weight excluding hydrogens is 290 g/mol. The van der Waals surface area contributed by atoms with Gasteiger partial charge in [0.1, 0.15) is 11.5 Å². The van der Waals surface area contributed by atoms with E-state index in [1.807, 2.05) is 63.2 Å². The fraction of sp³-hybridized carbons (Fsp3) is 0.316. The Morgan fingerprint density at radius 3 is 2.48 bits per heavy atom. The second kappa shape index (κ2) is 7.68. The SMILES string of the molecule is COc1ccc([C@@H](C)NC(=O)COc2cc(C)ccc2C)cc1. The Hall–Kier alpha value is -2.49. The third-order valence-electron chi connectivity index (χ3n) is 3.70. The Morgan fingerprint density at radius 1 is 1.13 bits per heavy atom. The lowest BCUT2D eigenvalue weighted by atomic mass is 10.1. The average molecular weight is 313 g/mol. The predicted molar refractivity (Wildman–Crippen MR) is 91.0 cm³/mol. The lowest BCUT2D eigenvalue weighted by Crippen LogP contribution is -2.31. The number of hydrogen-bond acceptors (Lipinski definition) is 3. The van der Waals surface area contributed by atoms with E-state index in [4.69, 9.17) is 9.47 Å². The minimum absolute atomic E-state index is 0.00475. The topological polar surface area (TPSA) is 47.6 Å². The molecule has 0 aromatic heterocycles. The maximum absolute atomic E-state index is 12.1. The van der Waals surface area contributed by atoms with Crippen molar-refractivity contribution >= 4 is 5.91 Å². The van der Waals surface area contributed by atoms with Crippen LogP contribution in [-0.2, 0) is 4.79 Å². The third-order valence-corrected chi connectivity index (χ3v) is 3.70. The normalized spacial score (nSPS) is 11.7. The quantitative estimate of drug-likeness (QED) is 0.887. The Kier molecular flexibility index (Phi) is 5.63. The van der Waals surface area contributed by atoms with Gasteiger partial charge in [-0.2, -0.15) is 0 Å². The van der Waals surface area contributed by atoms with Crippen LogP contribution in [-0.4, -0.2) is 19.6 Å². The summed E-state index contributed by atoms with van der Waals surface area (Å²) in [5.74, 6) is 1.40. The van der Waals surface area contributed by atoms with Gasteiger partial charge in [0.25, 0.3) is 5.91 Å². The number of carbonyl (C=O) groups is 1. The van der Waals surface area contributed by atoms with Gasteiger partial charge in [0.2, 0.25) is 0 Å². The highest BCUT2D eigenvalue weighted by molar-refractivity contribution is 5.78. The highest BCUT2D eigenvalue weighted by Crippen LogP contribution is 2.19. The smallest absolute Gasteiger partial charge is 0.258 e. The van der Waals surface area contributed by atoms with Gasteiger partial charge in [-0.1, -0.05) is 24.3 Å². The Morgan fingerprint density at radius 2 is 1.83 bits per heavy atom. The monoisotopic (exact) mass is 313 g/mol. The Balaban J connectivity index is 1.89. The molecule has 0 radical (unpaired) electrons. The van der Waals surface area contributed by atoms with Crippen molar-refractivity contribution in [3.05, 3.63) is 59.2 Å². The zero-order chi connectivity index (χ0) is 16.8. The maximum atomic E-state index is 12.1. The van der Waals surface area contributed by atoms with Crippen LogP contribution in [0.1, 0.15) is 29.7 Å². The van der Waals surface area contributed by atoms with Gasteiger partial charge in [0.15, 0.2) is 6.61 Å². The lowest BCUT2D eigenvalue weighted by Gasteiger charge is -2.16. The largest absolute Gasteiger partial charge is 0.497 e. The lowest BCUT2D eigenvalue weighted by molar-refractivity contribution is -0.123.